The van der Waals surface area contributed by atoms with E-state index < -0.39 is 32.0 Å². The average Bonchev–Trinajstić information content (AvgIpc) is 3.33. The first-order valence-corrected chi connectivity index (χ1v) is 12.2. The van der Waals surface area contributed by atoms with Crippen LogP contribution in [0.5, 0.6) is 0 Å². The molecule has 172 valence electrons. The minimum atomic E-state index is -4.36. The van der Waals surface area contributed by atoms with Crippen molar-refractivity contribution in [2.24, 2.45) is 0 Å². The molecule has 6 rings (SSSR count). The zero-order chi connectivity index (χ0) is 23.7. The molecule has 1 fully saturated rings. The fourth-order valence-electron chi connectivity index (χ4n) is 4.83. The number of H-pyrrole nitrogens is 1. The van der Waals surface area contributed by atoms with E-state index >= 15 is 0 Å². The highest BCUT2D eigenvalue weighted by atomic mass is 32.2. The summed E-state index contributed by atoms with van der Waals surface area (Å²) >= 11 is 0. The number of anilines is 2. The molecule has 10 heteroatoms. The van der Waals surface area contributed by atoms with Gasteiger partial charge in [-0.3, -0.25) is 9.52 Å². The highest BCUT2D eigenvalue weighted by molar-refractivity contribution is 7.92. The van der Waals surface area contributed by atoms with E-state index in [1.165, 1.54) is 0 Å². The highest BCUT2D eigenvalue weighted by Gasteiger charge is 2.52. The lowest BCUT2D eigenvalue weighted by molar-refractivity contribution is -0.123. The average molecular weight is 480 g/mol. The molecular formula is C24H18F2N4O3S. The predicted octanol–water partition coefficient (Wildman–Crippen LogP) is 4.68. The molecule has 0 atom stereocenters. The molecule has 1 spiro atoms. The minimum absolute atomic E-state index is 0.109. The smallest absolute Gasteiger partial charge is 0.264 e. The number of hydrogen-bond donors (Lipinski definition) is 3. The third-order valence-corrected chi connectivity index (χ3v) is 8.12. The fourth-order valence-corrected chi connectivity index (χ4v) is 5.93. The van der Waals surface area contributed by atoms with Crippen molar-refractivity contribution in [1.29, 1.82) is 0 Å². The Morgan fingerprint density at radius 1 is 1.03 bits per heavy atom. The van der Waals surface area contributed by atoms with E-state index in [1.54, 1.807) is 18.5 Å². The van der Waals surface area contributed by atoms with E-state index in [0.29, 0.717) is 35.7 Å². The van der Waals surface area contributed by atoms with Gasteiger partial charge in [-0.05, 0) is 60.4 Å². The zero-order valence-electron chi connectivity index (χ0n) is 17.7. The number of nitrogens with zero attached hydrogens (tertiary/aromatic N) is 1. The topological polar surface area (TPSA) is 104 Å². The van der Waals surface area contributed by atoms with Gasteiger partial charge in [0.2, 0.25) is 5.91 Å². The number of carbonyl (C=O) groups is 1. The number of sulfonamides is 1. The molecule has 34 heavy (non-hydrogen) atoms. The Kier molecular flexibility index (Phi) is 4.34. The van der Waals surface area contributed by atoms with Crippen molar-refractivity contribution in [2.45, 2.75) is 29.6 Å². The Bertz CT molecular complexity index is 1610. The summed E-state index contributed by atoms with van der Waals surface area (Å²) in [5, 5.41) is 2.99. The number of amides is 1. The van der Waals surface area contributed by atoms with E-state index in [4.69, 9.17) is 0 Å². The van der Waals surface area contributed by atoms with Crippen molar-refractivity contribution in [3.63, 3.8) is 0 Å². The molecule has 1 aliphatic carbocycles. The Labute approximate surface area is 193 Å². The van der Waals surface area contributed by atoms with Crippen molar-refractivity contribution < 1.29 is 22.0 Å². The van der Waals surface area contributed by atoms with E-state index in [0.717, 1.165) is 35.2 Å². The van der Waals surface area contributed by atoms with Gasteiger partial charge in [0.05, 0.1) is 28.5 Å². The number of halogens is 2. The van der Waals surface area contributed by atoms with Gasteiger partial charge in [-0.15, -0.1) is 0 Å². The van der Waals surface area contributed by atoms with E-state index in [-0.39, 0.29) is 11.6 Å². The summed E-state index contributed by atoms with van der Waals surface area (Å²) in [6, 6.07) is 11.1. The van der Waals surface area contributed by atoms with Crippen molar-refractivity contribution in [3.05, 3.63) is 72.1 Å². The molecule has 0 saturated heterocycles. The number of aromatic nitrogens is 2. The Morgan fingerprint density at radius 3 is 2.59 bits per heavy atom. The number of hydrogen-bond acceptors (Lipinski definition) is 4. The van der Waals surface area contributed by atoms with Crippen LogP contribution in [0.2, 0.25) is 0 Å². The van der Waals surface area contributed by atoms with Crippen LogP contribution in [0.25, 0.3) is 22.2 Å². The van der Waals surface area contributed by atoms with Crippen molar-refractivity contribution >= 4 is 38.3 Å². The standard InChI is InChI=1S/C24H18F2N4O3S/c25-14-3-5-21(18(26)9-14)34(32,33)30-15-10-16(13-2-4-19-20(8-13)28-12-27-19)22-17(11-15)24(6-1-7-24)23(31)29-22/h2-5,8-12,30H,1,6-7H2,(H,27,28)(H,29,31). The van der Waals surface area contributed by atoms with E-state index in [1.807, 2.05) is 18.2 Å². The van der Waals surface area contributed by atoms with Gasteiger partial charge < -0.3 is 10.3 Å². The molecule has 4 aromatic rings. The number of aromatic amines is 1. The number of benzene rings is 3. The summed E-state index contributed by atoms with van der Waals surface area (Å²) in [6.07, 6.45) is 3.78. The van der Waals surface area contributed by atoms with Crippen molar-refractivity contribution in [2.75, 3.05) is 10.0 Å². The van der Waals surface area contributed by atoms with Crippen LogP contribution in [0, 0.1) is 11.6 Å². The molecule has 0 bridgehead atoms. The molecule has 1 saturated carbocycles. The predicted molar refractivity (Wildman–Crippen MR) is 123 cm³/mol. The molecule has 3 aromatic carbocycles. The molecule has 0 unspecified atom stereocenters. The molecule has 3 N–H and O–H groups in total. The number of nitrogens with one attached hydrogen (secondary N) is 3. The van der Waals surface area contributed by atoms with E-state index in [9.17, 15) is 22.0 Å². The lowest BCUT2D eigenvalue weighted by Gasteiger charge is -2.36. The Morgan fingerprint density at radius 2 is 1.85 bits per heavy atom. The first kappa shape index (κ1) is 20.8. The summed E-state index contributed by atoms with van der Waals surface area (Å²) in [4.78, 5) is 19.5. The van der Waals surface area contributed by atoms with Gasteiger partial charge in [-0.1, -0.05) is 12.5 Å². The molecule has 1 aliphatic heterocycles. The van der Waals surface area contributed by atoms with Crippen LogP contribution in [-0.2, 0) is 20.2 Å². The molecule has 7 nitrogen and oxygen atoms in total. The van der Waals surface area contributed by atoms with Crippen LogP contribution in [0.3, 0.4) is 0 Å². The van der Waals surface area contributed by atoms with E-state index in [2.05, 4.69) is 20.0 Å². The SMILES string of the molecule is O=C1Nc2c(-c3ccc4nc[nH]c4c3)cc(NS(=O)(=O)c3ccc(F)cc3F)cc2C12CCC2. The van der Waals surface area contributed by atoms with Crippen LogP contribution in [0.1, 0.15) is 24.8 Å². The molecule has 1 amide bonds. The number of imidazole rings is 1. The van der Waals surface area contributed by atoms with Crippen LogP contribution in [-0.4, -0.2) is 24.3 Å². The first-order valence-electron chi connectivity index (χ1n) is 10.7. The van der Waals surface area contributed by atoms with Crippen LogP contribution in [0.4, 0.5) is 20.2 Å². The van der Waals surface area contributed by atoms with Crippen LogP contribution in [0.15, 0.2) is 59.8 Å². The van der Waals surface area contributed by atoms with Crippen LogP contribution < -0.4 is 10.0 Å². The van der Waals surface area contributed by atoms with Gasteiger partial charge in [0.1, 0.15) is 16.5 Å². The molecule has 2 aliphatic rings. The largest absolute Gasteiger partial charge is 0.345 e. The molecule has 0 radical (unpaired) electrons. The summed E-state index contributed by atoms with van der Waals surface area (Å²) in [5.41, 5.74) is 3.76. The normalized spacial score (nSPS) is 16.4. The quantitative estimate of drug-likeness (QED) is 0.394. The second-order valence-corrected chi connectivity index (χ2v) is 10.3. The second-order valence-electron chi connectivity index (χ2n) is 8.65. The number of rotatable bonds is 4. The zero-order valence-corrected chi connectivity index (χ0v) is 18.5. The van der Waals surface area contributed by atoms with Gasteiger partial charge in [0, 0.05) is 17.3 Å². The first-order chi connectivity index (χ1) is 16.3. The summed E-state index contributed by atoms with van der Waals surface area (Å²) in [7, 11) is -4.36. The maximum absolute atomic E-state index is 14.2. The van der Waals surface area contributed by atoms with Crippen LogP contribution >= 0.6 is 0 Å². The van der Waals surface area contributed by atoms with Gasteiger partial charge in [-0.2, -0.15) is 0 Å². The number of fused-ring (bicyclic) bond motifs is 3. The maximum Gasteiger partial charge on any atom is 0.264 e. The maximum atomic E-state index is 14.2. The summed E-state index contributed by atoms with van der Waals surface area (Å²) in [5.74, 6) is -2.17. The van der Waals surface area contributed by atoms with Crippen molar-refractivity contribution in [1.82, 2.24) is 9.97 Å². The summed E-state index contributed by atoms with van der Waals surface area (Å²) in [6.45, 7) is 0. The monoisotopic (exact) mass is 480 g/mol. The third-order valence-electron chi connectivity index (χ3n) is 6.70. The molecular weight excluding hydrogens is 462 g/mol. The molecule has 1 aromatic heterocycles. The van der Waals surface area contributed by atoms with Crippen molar-refractivity contribution in [3.8, 4) is 11.1 Å². The minimum Gasteiger partial charge on any atom is -0.345 e. The number of carbonyl (C=O) groups excluding carboxylic acids is 1. The fraction of sp³-hybridized carbons (Fsp3) is 0.167. The second kappa shape index (κ2) is 7.10. The highest BCUT2D eigenvalue weighted by Crippen LogP contribution is 2.54. The van der Waals surface area contributed by atoms with Gasteiger partial charge in [0.15, 0.2) is 0 Å². The lowest BCUT2D eigenvalue weighted by Crippen LogP contribution is -2.40. The van der Waals surface area contributed by atoms with Gasteiger partial charge in [-0.25, -0.2) is 22.2 Å². The lowest BCUT2D eigenvalue weighted by atomic mass is 9.65. The third kappa shape index (κ3) is 3.02. The summed E-state index contributed by atoms with van der Waals surface area (Å²) < 4.78 is 55.9. The Hall–Kier alpha value is -3.79. The molecule has 2 heterocycles. The Balaban J connectivity index is 1.51. The van der Waals surface area contributed by atoms with Gasteiger partial charge >= 0.3 is 0 Å². The van der Waals surface area contributed by atoms with Gasteiger partial charge in [0.25, 0.3) is 10.0 Å².